The number of aromatic nitrogens is 2. The fraction of sp³-hybridized carbons (Fsp3) is 0.421. The third kappa shape index (κ3) is 2.27. The van der Waals surface area contributed by atoms with E-state index in [9.17, 15) is 9.59 Å². The van der Waals surface area contributed by atoms with Crippen LogP contribution in [0.3, 0.4) is 0 Å². The molecule has 1 spiro atoms. The van der Waals surface area contributed by atoms with E-state index in [-0.39, 0.29) is 11.7 Å². The Morgan fingerprint density at radius 2 is 1.83 bits per heavy atom. The number of ketones is 1. The van der Waals surface area contributed by atoms with Gasteiger partial charge in [-0.1, -0.05) is 49.6 Å². The van der Waals surface area contributed by atoms with Gasteiger partial charge in [-0.05, 0) is 25.8 Å². The Hall–Kier alpha value is -2.43. The zero-order valence-electron chi connectivity index (χ0n) is 13.8. The fourth-order valence-corrected chi connectivity index (χ4v) is 3.99. The molecule has 0 radical (unpaired) electrons. The molecule has 1 aromatic heterocycles. The van der Waals surface area contributed by atoms with Crippen molar-refractivity contribution in [1.82, 2.24) is 15.1 Å². The molecule has 2 aromatic rings. The van der Waals surface area contributed by atoms with Crippen molar-refractivity contribution in [2.75, 3.05) is 0 Å². The van der Waals surface area contributed by atoms with Gasteiger partial charge < -0.3 is 5.32 Å². The number of nitrogens with one attached hydrogen (secondary N) is 1. The number of benzene rings is 1. The number of Topliss-reactive ketones (excluding diaryl/α,β-unsaturated/α-hetero) is 1. The summed E-state index contributed by atoms with van der Waals surface area (Å²) in [6.45, 7) is 1.89. The lowest BCUT2D eigenvalue weighted by Gasteiger charge is -2.31. The van der Waals surface area contributed by atoms with Crippen molar-refractivity contribution >= 4 is 11.7 Å². The summed E-state index contributed by atoms with van der Waals surface area (Å²) in [5.74, 6) is -0.231. The number of rotatable bonds is 2. The number of amides is 1. The Labute approximate surface area is 141 Å². The number of aryl methyl sites for hydroxylation is 1. The second-order valence-corrected chi connectivity index (χ2v) is 6.88. The molecule has 1 saturated carbocycles. The highest BCUT2D eigenvalue weighted by atomic mass is 16.2. The average Bonchev–Trinajstić information content (AvgIpc) is 3.08. The highest BCUT2D eigenvalue weighted by molar-refractivity contribution is 6.14. The standard InChI is InChI=1S/C19H21N3O2/c1-13-12-15(14-8-4-2-5-9-14)21-22(13)16-17(23)19(20-18(16)24)10-6-3-7-11-19/h2,4-5,8-9,12,16H,3,6-7,10-11H2,1H3,(H,20,24). The molecule has 5 heteroatoms. The summed E-state index contributed by atoms with van der Waals surface area (Å²) in [5, 5.41) is 7.57. The molecule has 4 rings (SSSR count). The zero-order valence-corrected chi connectivity index (χ0v) is 13.8. The maximum atomic E-state index is 13.0. The molecule has 1 amide bonds. The highest BCUT2D eigenvalue weighted by Crippen LogP contribution is 2.37. The third-order valence-corrected chi connectivity index (χ3v) is 5.27. The van der Waals surface area contributed by atoms with Gasteiger partial charge in [0.15, 0.2) is 11.8 Å². The Morgan fingerprint density at radius 3 is 2.54 bits per heavy atom. The fourth-order valence-electron chi connectivity index (χ4n) is 3.99. The minimum Gasteiger partial charge on any atom is -0.341 e. The van der Waals surface area contributed by atoms with Crippen molar-refractivity contribution < 1.29 is 9.59 Å². The first-order valence-electron chi connectivity index (χ1n) is 8.59. The molecule has 0 bridgehead atoms. The molecular formula is C19H21N3O2. The number of hydrogen-bond donors (Lipinski definition) is 1. The molecule has 24 heavy (non-hydrogen) atoms. The van der Waals surface area contributed by atoms with E-state index in [0.717, 1.165) is 49.1 Å². The largest absolute Gasteiger partial charge is 0.341 e. The molecule has 1 aromatic carbocycles. The molecule has 124 valence electrons. The first-order valence-corrected chi connectivity index (χ1v) is 8.59. The van der Waals surface area contributed by atoms with Crippen LogP contribution in [0.5, 0.6) is 0 Å². The van der Waals surface area contributed by atoms with E-state index in [1.165, 1.54) is 0 Å². The topological polar surface area (TPSA) is 64.0 Å². The summed E-state index contributed by atoms with van der Waals surface area (Å²) in [4.78, 5) is 25.6. The van der Waals surface area contributed by atoms with Crippen LogP contribution in [0.15, 0.2) is 36.4 Å². The molecule has 1 aliphatic carbocycles. The van der Waals surface area contributed by atoms with Crippen LogP contribution >= 0.6 is 0 Å². The lowest BCUT2D eigenvalue weighted by molar-refractivity contribution is -0.128. The smallest absolute Gasteiger partial charge is 0.253 e. The van der Waals surface area contributed by atoms with Gasteiger partial charge in [-0.25, -0.2) is 4.68 Å². The average molecular weight is 323 g/mol. The molecule has 1 unspecified atom stereocenters. The van der Waals surface area contributed by atoms with Crippen LogP contribution < -0.4 is 5.32 Å². The van der Waals surface area contributed by atoms with Crippen LogP contribution in [-0.4, -0.2) is 27.0 Å². The van der Waals surface area contributed by atoms with Crippen LogP contribution in [0.2, 0.25) is 0 Å². The van der Waals surface area contributed by atoms with E-state index in [0.29, 0.717) is 0 Å². The molecule has 1 N–H and O–H groups in total. The van der Waals surface area contributed by atoms with Crippen molar-refractivity contribution in [3.63, 3.8) is 0 Å². The van der Waals surface area contributed by atoms with Gasteiger partial charge in [0.2, 0.25) is 0 Å². The first kappa shape index (κ1) is 15.1. The summed E-state index contributed by atoms with van der Waals surface area (Å²) in [6, 6.07) is 10.9. The SMILES string of the molecule is Cc1cc(-c2ccccc2)nn1C1C(=O)NC2(CCCCC2)C1=O. The molecule has 1 atom stereocenters. The highest BCUT2D eigenvalue weighted by Gasteiger charge is 2.54. The monoisotopic (exact) mass is 323 g/mol. The maximum absolute atomic E-state index is 13.0. The number of hydrogen-bond acceptors (Lipinski definition) is 3. The molecule has 2 aliphatic rings. The summed E-state index contributed by atoms with van der Waals surface area (Å²) in [6.07, 6.45) is 4.62. The molecule has 1 saturated heterocycles. The van der Waals surface area contributed by atoms with Crippen LogP contribution in [-0.2, 0) is 9.59 Å². The predicted octanol–water partition coefficient (Wildman–Crippen LogP) is 2.80. The van der Waals surface area contributed by atoms with Crippen molar-refractivity contribution in [3.8, 4) is 11.3 Å². The second-order valence-electron chi connectivity index (χ2n) is 6.88. The Morgan fingerprint density at radius 1 is 1.12 bits per heavy atom. The quantitative estimate of drug-likeness (QED) is 0.864. The van der Waals surface area contributed by atoms with Crippen LogP contribution in [0.25, 0.3) is 11.3 Å². The van der Waals surface area contributed by atoms with Crippen molar-refractivity contribution in [2.45, 2.75) is 50.6 Å². The van der Waals surface area contributed by atoms with Gasteiger partial charge in [0, 0.05) is 11.3 Å². The summed E-state index contributed by atoms with van der Waals surface area (Å²) >= 11 is 0. The molecule has 2 heterocycles. The minimum absolute atomic E-state index is 0.0157. The van der Waals surface area contributed by atoms with Crippen molar-refractivity contribution in [1.29, 1.82) is 0 Å². The Bertz CT molecular complexity index is 788. The summed E-state index contributed by atoms with van der Waals surface area (Å²) < 4.78 is 1.60. The van der Waals surface area contributed by atoms with E-state index in [2.05, 4.69) is 10.4 Å². The molecule has 5 nitrogen and oxygen atoms in total. The zero-order chi connectivity index (χ0) is 16.7. The molecular weight excluding hydrogens is 302 g/mol. The molecule has 2 fully saturated rings. The van der Waals surface area contributed by atoms with Gasteiger partial charge in [0.25, 0.3) is 5.91 Å². The van der Waals surface area contributed by atoms with Gasteiger partial charge in [-0.3, -0.25) is 9.59 Å². The van der Waals surface area contributed by atoms with E-state index >= 15 is 0 Å². The van der Waals surface area contributed by atoms with E-state index < -0.39 is 11.6 Å². The van der Waals surface area contributed by atoms with Gasteiger partial charge >= 0.3 is 0 Å². The first-order chi connectivity index (χ1) is 11.6. The summed E-state index contributed by atoms with van der Waals surface area (Å²) in [5.41, 5.74) is 1.94. The lowest BCUT2D eigenvalue weighted by atomic mass is 9.79. The van der Waals surface area contributed by atoms with Gasteiger partial charge in [0.05, 0.1) is 5.69 Å². The van der Waals surface area contributed by atoms with E-state index in [1.54, 1.807) is 4.68 Å². The third-order valence-electron chi connectivity index (χ3n) is 5.27. The van der Waals surface area contributed by atoms with Gasteiger partial charge in [0.1, 0.15) is 5.54 Å². The van der Waals surface area contributed by atoms with Crippen molar-refractivity contribution in [3.05, 3.63) is 42.1 Å². The number of carbonyl (C=O) groups excluding carboxylic acids is 2. The Kier molecular flexibility index (Phi) is 3.52. The Balaban J connectivity index is 1.70. The lowest BCUT2D eigenvalue weighted by Crippen LogP contribution is -2.48. The number of nitrogens with zero attached hydrogens (tertiary/aromatic N) is 2. The van der Waals surface area contributed by atoms with Crippen molar-refractivity contribution in [2.24, 2.45) is 0 Å². The van der Waals surface area contributed by atoms with Gasteiger partial charge in [-0.15, -0.1) is 0 Å². The normalized spacial score (nSPS) is 22.8. The number of carbonyl (C=O) groups is 2. The predicted molar refractivity (Wildman–Crippen MR) is 90.4 cm³/mol. The molecule has 1 aliphatic heterocycles. The minimum atomic E-state index is -0.833. The van der Waals surface area contributed by atoms with Gasteiger partial charge in [-0.2, -0.15) is 5.10 Å². The van der Waals surface area contributed by atoms with E-state index in [1.807, 2.05) is 43.3 Å². The van der Waals surface area contributed by atoms with Crippen LogP contribution in [0, 0.1) is 6.92 Å². The van der Waals surface area contributed by atoms with Crippen LogP contribution in [0.4, 0.5) is 0 Å². The van der Waals surface area contributed by atoms with Crippen LogP contribution in [0.1, 0.15) is 43.8 Å². The van der Waals surface area contributed by atoms with E-state index in [4.69, 9.17) is 0 Å². The second kappa shape index (κ2) is 5.58. The summed E-state index contributed by atoms with van der Waals surface area (Å²) in [7, 11) is 0. The maximum Gasteiger partial charge on any atom is 0.253 e.